The SMILES string of the molecule is CCCCN(C(=O)c1cccc(Br)c1)C(C)c1nc2ccccc2c(=O)n1-c1ccc(F)cc1. The fourth-order valence-electron chi connectivity index (χ4n) is 4.00. The van der Waals surface area contributed by atoms with E-state index in [9.17, 15) is 14.0 Å². The smallest absolute Gasteiger partial charge is 0.266 e. The number of halogens is 2. The first kappa shape index (κ1) is 23.8. The molecule has 34 heavy (non-hydrogen) atoms. The van der Waals surface area contributed by atoms with Crippen molar-refractivity contribution in [2.24, 2.45) is 0 Å². The maximum absolute atomic E-state index is 13.6. The summed E-state index contributed by atoms with van der Waals surface area (Å²) in [5.74, 6) is -0.111. The molecule has 0 aliphatic rings. The Morgan fingerprint density at radius 2 is 1.82 bits per heavy atom. The zero-order valence-corrected chi connectivity index (χ0v) is 20.6. The van der Waals surface area contributed by atoms with Crippen LogP contribution in [0, 0.1) is 5.82 Å². The predicted molar refractivity (Wildman–Crippen MR) is 136 cm³/mol. The van der Waals surface area contributed by atoms with Gasteiger partial charge in [-0.1, -0.05) is 47.5 Å². The van der Waals surface area contributed by atoms with E-state index in [1.165, 1.54) is 16.7 Å². The van der Waals surface area contributed by atoms with Crippen LogP contribution in [0.25, 0.3) is 16.6 Å². The molecule has 0 aliphatic carbocycles. The van der Waals surface area contributed by atoms with Crippen molar-refractivity contribution in [1.29, 1.82) is 0 Å². The molecular formula is C27H25BrFN3O2. The highest BCUT2D eigenvalue weighted by Gasteiger charge is 2.27. The van der Waals surface area contributed by atoms with Gasteiger partial charge in [0.25, 0.3) is 11.5 Å². The van der Waals surface area contributed by atoms with Gasteiger partial charge in [0.15, 0.2) is 0 Å². The van der Waals surface area contributed by atoms with Crippen molar-refractivity contribution in [2.75, 3.05) is 6.54 Å². The highest BCUT2D eigenvalue weighted by molar-refractivity contribution is 9.10. The number of unbranched alkanes of at least 4 members (excludes halogenated alkanes) is 1. The van der Waals surface area contributed by atoms with Gasteiger partial charge in [0.05, 0.1) is 22.6 Å². The van der Waals surface area contributed by atoms with Crippen LogP contribution in [0.3, 0.4) is 0 Å². The lowest BCUT2D eigenvalue weighted by Gasteiger charge is -2.30. The molecule has 7 heteroatoms. The summed E-state index contributed by atoms with van der Waals surface area (Å²) in [6.45, 7) is 4.45. The molecule has 0 aliphatic heterocycles. The fraction of sp³-hybridized carbons (Fsp3) is 0.222. The number of carbonyl (C=O) groups is 1. The van der Waals surface area contributed by atoms with Crippen LogP contribution < -0.4 is 5.56 Å². The molecule has 0 spiro atoms. The van der Waals surface area contributed by atoms with Gasteiger partial charge in [0, 0.05) is 16.6 Å². The standard InChI is InChI=1S/C27H25BrFN3O2/c1-3-4-16-31(26(33)19-8-7-9-20(28)17-19)18(2)25-30-24-11-6-5-10-23(24)27(34)32(25)22-14-12-21(29)13-15-22/h5-15,17-18H,3-4,16H2,1-2H3. The third-order valence-corrected chi connectivity index (χ3v) is 6.31. The first-order valence-electron chi connectivity index (χ1n) is 11.2. The molecule has 5 nitrogen and oxygen atoms in total. The molecule has 0 N–H and O–H groups in total. The molecule has 0 saturated carbocycles. The topological polar surface area (TPSA) is 55.2 Å². The van der Waals surface area contributed by atoms with Gasteiger partial charge < -0.3 is 4.90 Å². The summed E-state index contributed by atoms with van der Waals surface area (Å²) in [6, 6.07) is 19.6. The average Bonchev–Trinajstić information content (AvgIpc) is 2.84. The zero-order chi connectivity index (χ0) is 24.2. The Labute approximate surface area is 206 Å². The molecule has 1 unspecified atom stereocenters. The predicted octanol–water partition coefficient (Wildman–Crippen LogP) is 6.29. The summed E-state index contributed by atoms with van der Waals surface area (Å²) >= 11 is 3.44. The van der Waals surface area contributed by atoms with Crippen LogP contribution in [0.2, 0.25) is 0 Å². The number of nitrogens with zero attached hydrogens (tertiary/aromatic N) is 3. The second-order valence-corrected chi connectivity index (χ2v) is 9.06. The van der Waals surface area contributed by atoms with E-state index in [1.807, 2.05) is 25.1 Å². The molecule has 4 rings (SSSR count). The Morgan fingerprint density at radius 3 is 2.53 bits per heavy atom. The molecule has 0 bridgehead atoms. The summed E-state index contributed by atoms with van der Waals surface area (Å²) < 4.78 is 15.9. The highest BCUT2D eigenvalue weighted by atomic mass is 79.9. The summed E-state index contributed by atoms with van der Waals surface area (Å²) in [4.78, 5) is 33.8. The quantitative estimate of drug-likeness (QED) is 0.287. The highest BCUT2D eigenvalue weighted by Crippen LogP contribution is 2.26. The van der Waals surface area contributed by atoms with Crippen LogP contribution in [-0.2, 0) is 0 Å². The van der Waals surface area contributed by atoms with E-state index < -0.39 is 11.9 Å². The number of para-hydroxylation sites is 1. The molecular weight excluding hydrogens is 497 g/mol. The summed E-state index contributed by atoms with van der Waals surface area (Å²) in [7, 11) is 0. The van der Waals surface area contributed by atoms with E-state index in [4.69, 9.17) is 4.98 Å². The van der Waals surface area contributed by atoms with Gasteiger partial charge in [0.1, 0.15) is 11.6 Å². The molecule has 1 atom stereocenters. The van der Waals surface area contributed by atoms with Crippen LogP contribution in [0.4, 0.5) is 4.39 Å². The Kier molecular flexibility index (Phi) is 7.22. The molecule has 1 aromatic heterocycles. The van der Waals surface area contributed by atoms with Crippen molar-refractivity contribution in [3.05, 3.63) is 105 Å². The van der Waals surface area contributed by atoms with E-state index >= 15 is 0 Å². The first-order chi connectivity index (χ1) is 16.4. The molecule has 0 fully saturated rings. The third-order valence-electron chi connectivity index (χ3n) is 5.81. The molecule has 1 amide bonds. The van der Waals surface area contributed by atoms with Gasteiger partial charge in [-0.25, -0.2) is 9.37 Å². The minimum Gasteiger partial charge on any atom is -0.329 e. The van der Waals surface area contributed by atoms with Crippen LogP contribution in [0.15, 0.2) is 82.1 Å². The van der Waals surface area contributed by atoms with Crippen molar-refractivity contribution >= 4 is 32.7 Å². The Bertz CT molecular complexity index is 1390. The number of hydrogen-bond acceptors (Lipinski definition) is 3. The maximum atomic E-state index is 13.6. The summed E-state index contributed by atoms with van der Waals surface area (Å²) in [5, 5.41) is 0.459. The lowest BCUT2D eigenvalue weighted by atomic mass is 10.1. The van der Waals surface area contributed by atoms with Gasteiger partial charge in [-0.05, 0) is 67.9 Å². The zero-order valence-electron chi connectivity index (χ0n) is 19.0. The van der Waals surface area contributed by atoms with E-state index in [-0.39, 0.29) is 11.5 Å². The molecule has 0 radical (unpaired) electrons. The van der Waals surface area contributed by atoms with Crippen molar-refractivity contribution in [3.63, 3.8) is 0 Å². The lowest BCUT2D eigenvalue weighted by Crippen LogP contribution is -2.38. The van der Waals surface area contributed by atoms with Crippen LogP contribution in [0.1, 0.15) is 48.9 Å². The number of rotatable bonds is 7. The van der Waals surface area contributed by atoms with Crippen molar-refractivity contribution in [2.45, 2.75) is 32.7 Å². The number of aromatic nitrogens is 2. The number of benzene rings is 3. The Balaban J connectivity index is 1.90. The molecule has 174 valence electrons. The third kappa shape index (κ3) is 4.80. The van der Waals surface area contributed by atoms with E-state index in [0.717, 1.165) is 17.3 Å². The van der Waals surface area contributed by atoms with E-state index in [0.29, 0.717) is 34.5 Å². The molecule has 3 aromatic carbocycles. The second-order valence-electron chi connectivity index (χ2n) is 8.14. The van der Waals surface area contributed by atoms with Gasteiger partial charge >= 0.3 is 0 Å². The van der Waals surface area contributed by atoms with Crippen LogP contribution in [0.5, 0.6) is 0 Å². The average molecular weight is 522 g/mol. The lowest BCUT2D eigenvalue weighted by molar-refractivity contribution is 0.0678. The van der Waals surface area contributed by atoms with Gasteiger partial charge in [-0.2, -0.15) is 0 Å². The van der Waals surface area contributed by atoms with E-state index in [1.54, 1.807) is 47.4 Å². The summed E-state index contributed by atoms with van der Waals surface area (Å²) in [5.41, 5.74) is 1.34. The Hall–Kier alpha value is -3.32. The van der Waals surface area contributed by atoms with Gasteiger partial charge in [-0.3, -0.25) is 14.2 Å². The molecule has 4 aromatic rings. The van der Waals surface area contributed by atoms with Crippen LogP contribution >= 0.6 is 15.9 Å². The Morgan fingerprint density at radius 1 is 1.09 bits per heavy atom. The monoisotopic (exact) mass is 521 g/mol. The normalized spacial score (nSPS) is 12.0. The van der Waals surface area contributed by atoms with E-state index in [2.05, 4.69) is 22.9 Å². The molecule has 1 heterocycles. The minimum atomic E-state index is -0.514. The fourth-order valence-corrected chi connectivity index (χ4v) is 4.40. The minimum absolute atomic E-state index is 0.143. The van der Waals surface area contributed by atoms with Crippen LogP contribution in [-0.4, -0.2) is 26.9 Å². The largest absolute Gasteiger partial charge is 0.329 e. The number of amides is 1. The van der Waals surface area contributed by atoms with Gasteiger partial charge in [-0.15, -0.1) is 0 Å². The van der Waals surface area contributed by atoms with Crippen molar-refractivity contribution < 1.29 is 9.18 Å². The van der Waals surface area contributed by atoms with Gasteiger partial charge in [0.2, 0.25) is 0 Å². The van der Waals surface area contributed by atoms with Crippen molar-refractivity contribution in [3.8, 4) is 5.69 Å². The number of carbonyl (C=O) groups excluding carboxylic acids is 1. The number of hydrogen-bond donors (Lipinski definition) is 0. The summed E-state index contributed by atoms with van der Waals surface area (Å²) in [6.07, 6.45) is 1.71. The second kappa shape index (κ2) is 10.3. The maximum Gasteiger partial charge on any atom is 0.266 e. The number of fused-ring (bicyclic) bond motifs is 1. The first-order valence-corrected chi connectivity index (χ1v) is 12.0. The van der Waals surface area contributed by atoms with Crippen molar-refractivity contribution in [1.82, 2.24) is 14.5 Å². The molecule has 0 saturated heterocycles.